The molecule has 0 spiro atoms. The summed E-state index contributed by atoms with van der Waals surface area (Å²) in [5, 5.41) is 0. The topological polar surface area (TPSA) is 75.9 Å². The van der Waals surface area contributed by atoms with Gasteiger partial charge in [-0.1, -0.05) is 12.1 Å². The molecule has 2 aliphatic rings. The van der Waals surface area contributed by atoms with Crippen molar-refractivity contribution in [2.24, 2.45) is 5.73 Å². The van der Waals surface area contributed by atoms with Crippen molar-refractivity contribution in [3.63, 3.8) is 0 Å². The van der Waals surface area contributed by atoms with E-state index in [-0.39, 0.29) is 18.0 Å². The number of hydrogen-bond donors (Lipinski definition) is 1. The molecule has 2 aliphatic heterocycles. The van der Waals surface area contributed by atoms with Gasteiger partial charge >= 0.3 is 6.03 Å². The molecule has 2 fully saturated rings. The molecule has 6 heteroatoms. The number of anilines is 1. The minimum atomic E-state index is -0.394. The molecular weight excluding hydrogens is 258 g/mol. The van der Waals surface area contributed by atoms with Crippen LogP contribution >= 0.6 is 0 Å². The van der Waals surface area contributed by atoms with Gasteiger partial charge < -0.3 is 15.4 Å². The van der Waals surface area contributed by atoms with E-state index in [1.54, 1.807) is 30.2 Å². The zero-order valence-electron chi connectivity index (χ0n) is 11.3. The Morgan fingerprint density at radius 3 is 2.85 bits per heavy atom. The number of carbonyl (C=O) groups is 2. The summed E-state index contributed by atoms with van der Waals surface area (Å²) in [4.78, 5) is 27.7. The van der Waals surface area contributed by atoms with Gasteiger partial charge in [-0.2, -0.15) is 0 Å². The van der Waals surface area contributed by atoms with Crippen molar-refractivity contribution in [1.29, 1.82) is 0 Å². The molecule has 1 aromatic carbocycles. The third-order valence-electron chi connectivity index (χ3n) is 3.94. The van der Waals surface area contributed by atoms with E-state index in [0.29, 0.717) is 25.2 Å². The maximum atomic E-state index is 12.4. The van der Waals surface area contributed by atoms with Crippen LogP contribution in [-0.2, 0) is 16.1 Å². The van der Waals surface area contributed by atoms with E-state index >= 15 is 0 Å². The highest BCUT2D eigenvalue weighted by atomic mass is 16.5. The van der Waals surface area contributed by atoms with Crippen molar-refractivity contribution >= 4 is 17.6 Å². The van der Waals surface area contributed by atoms with Crippen LogP contribution in [0.4, 0.5) is 10.5 Å². The first-order valence-corrected chi connectivity index (χ1v) is 6.62. The number of nitrogens with zero attached hydrogens (tertiary/aromatic N) is 2. The van der Waals surface area contributed by atoms with Crippen LogP contribution in [-0.4, -0.2) is 42.6 Å². The first kappa shape index (κ1) is 13.1. The Hall–Kier alpha value is -1.92. The van der Waals surface area contributed by atoms with E-state index in [1.165, 1.54) is 4.90 Å². The molecule has 0 radical (unpaired) electrons. The van der Waals surface area contributed by atoms with Crippen molar-refractivity contribution in [2.75, 3.05) is 18.6 Å². The van der Waals surface area contributed by atoms with Crippen molar-refractivity contribution in [3.05, 3.63) is 29.8 Å². The van der Waals surface area contributed by atoms with E-state index in [2.05, 4.69) is 0 Å². The molecule has 2 saturated heterocycles. The lowest BCUT2D eigenvalue weighted by molar-refractivity contribution is -0.119. The number of urea groups is 1. The van der Waals surface area contributed by atoms with E-state index in [0.717, 1.165) is 5.56 Å². The fourth-order valence-corrected chi connectivity index (χ4v) is 2.85. The summed E-state index contributed by atoms with van der Waals surface area (Å²) >= 11 is 0. The molecule has 3 rings (SSSR count). The van der Waals surface area contributed by atoms with Gasteiger partial charge in [-0.15, -0.1) is 0 Å². The molecule has 2 unspecified atom stereocenters. The third kappa shape index (κ3) is 1.88. The SMILES string of the molecule is COC1CC2C(=O)N(c3cccc(CN)c3)C(=O)N2C1. The number of fused-ring (bicyclic) bond motifs is 1. The lowest BCUT2D eigenvalue weighted by Crippen LogP contribution is -2.35. The summed E-state index contributed by atoms with van der Waals surface area (Å²) in [6.07, 6.45) is 0.513. The number of methoxy groups -OCH3 is 1. The monoisotopic (exact) mass is 275 g/mol. The molecule has 0 bridgehead atoms. The largest absolute Gasteiger partial charge is 0.380 e. The second-order valence-electron chi connectivity index (χ2n) is 5.09. The van der Waals surface area contributed by atoms with Gasteiger partial charge in [-0.25, -0.2) is 9.69 Å². The molecule has 0 saturated carbocycles. The molecule has 20 heavy (non-hydrogen) atoms. The second-order valence-corrected chi connectivity index (χ2v) is 5.09. The van der Waals surface area contributed by atoms with Gasteiger partial charge in [0.2, 0.25) is 0 Å². The number of amides is 3. The number of hydrogen-bond acceptors (Lipinski definition) is 4. The van der Waals surface area contributed by atoms with Crippen molar-refractivity contribution in [1.82, 2.24) is 4.90 Å². The van der Waals surface area contributed by atoms with Gasteiger partial charge in [0, 0.05) is 26.6 Å². The van der Waals surface area contributed by atoms with Gasteiger partial charge in [0.15, 0.2) is 0 Å². The normalized spacial score (nSPS) is 25.5. The number of rotatable bonds is 3. The van der Waals surface area contributed by atoms with Crippen LogP contribution in [0.25, 0.3) is 0 Å². The summed E-state index contributed by atoms with van der Waals surface area (Å²) < 4.78 is 5.24. The van der Waals surface area contributed by atoms with Crippen LogP contribution < -0.4 is 10.6 Å². The zero-order chi connectivity index (χ0) is 14.3. The van der Waals surface area contributed by atoms with E-state index in [9.17, 15) is 9.59 Å². The average Bonchev–Trinajstić information content (AvgIpc) is 3.00. The van der Waals surface area contributed by atoms with Gasteiger partial charge in [-0.3, -0.25) is 4.79 Å². The number of ether oxygens (including phenoxy) is 1. The minimum absolute atomic E-state index is 0.0505. The molecule has 2 N–H and O–H groups in total. The van der Waals surface area contributed by atoms with Crippen LogP contribution in [0.5, 0.6) is 0 Å². The molecule has 0 aromatic heterocycles. The highest BCUT2D eigenvalue weighted by molar-refractivity contribution is 6.21. The fraction of sp³-hybridized carbons (Fsp3) is 0.429. The lowest BCUT2D eigenvalue weighted by Gasteiger charge is -2.17. The summed E-state index contributed by atoms with van der Waals surface area (Å²) in [7, 11) is 1.60. The smallest absolute Gasteiger partial charge is 0.332 e. The van der Waals surface area contributed by atoms with E-state index in [4.69, 9.17) is 10.5 Å². The first-order valence-electron chi connectivity index (χ1n) is 6.62. The van der Waals surface area contributed by atoms with Gasteiger partial charge in [-0.05, 0) is 17.7 Å². The van der Waals surface area contributed by atoms with Gasteiger partial charge in [0.1, 0.15) is 6.04 Å². The molecule has 3 amide bonds. The predicted molar refractivity (Wildman–Crippen MR) is 73.1 cm³/mol. The Balaban J connectivity index is 1.89. The quantitative estimate of drug-likeness (QED) is 0.824. The average molecular weight is 275 g/mol. The maximum absolute atomic E-state index is 12.4. The molecule has 1 aromatic rings. The molecule has 6 nitrogen and oxygen atoms in total. The maximum Gasteiger partial charge on any atom is 0.332 e. The standard InChI is InChI=1S/C14H17N3O3/c1-20-11-6-12-13(18)17(14(19)16(12)8-11)10-4-2-3-9(5-10)7-15/h2-5,11-12H,6-8,15H2,1H3. The van der Waals surface area contributed by atoms with Gasteiger partial charge in [0.25, 0.3) is 5.91 Å². The Kier molecular flexibility index (Phi) is 3.19. The third-order valence-corrected chi connectivity index (χ3v) is 3.94. The van der Waals surface area contributed by atoms with Crippen molar-refractivity contribution < 1.29 is 14.3 Å². The van der Waals surface area contributed by atoms with Crippen LogP contribution in [0.3, 0.4) is 0 Å². The molecule has 2 heterocycles. The number of imide groups is 1. The predicted octanol–water partition coefficient (Wildman–Crippen LogP) is 0.701. The second kappa shape index (κ2) is 4.88. The molecule has 106 valence electrons. The Morgan fingerprint density at radius 1 is 1.40 bits per heavy atom. The fourth-order valence-electron chi connectivity index (χ4n) is 2.85. The zero-order valence-corrected chi connectivity index (χ0v) is 11.3. The summed E-state index contributed by atoms with van der Waals surface area (Å²) in [6.45, 7) is 0.849. The summed E-state index contributed by atoms with van der Waals surface area (Å²) in [6, 6.07) is 6.55. The Labute approximate surface area is 117 Å². The van der Waals surface area contributed by atoms with E-state index in [1.807, 2.05) is 6.07 Å². The lowest BCUT2D eigenvalue weighted by atomic mass is 10.1. The van der Waals surface area contributed by atoms with Crippen molar-refractivity contribution in [2.45, 2.75) is 25.1 Å². The summed E-state index contributed by atoms with van der Waals surface area (Å²) in [5.74, 6) is -0.177. The Bertz CT molecular complexity index is 536. The van der Waals surface area contributed by atoms with Gasteiger partial charge in [0.05, 0.1) is 11.8 Å². The van der Waals surface area contributed by atoms with Crippen LogP contribution in [0.1, 0.15) is 12.0 Å². The van der Waals surface area contributed by atoms with Crippen LogP contribution in [0.2, 0.25) is 0 Å². The van der Waals surface area contributed by atoms with Crippen molar-refractivity contribution in [3.8, 4) is 0 Å². The highest BCUT2D eigenvalue weighted by Crippen LogP contribution is 2.32. The Morgan fingerprint density at radius 2 is 2.20 bits per heavy atom. The number of carbonyl (C=O) groups excluding carboxylic acids is 2. The molecular formula is C14H17N3O3. The van der Waals surface area contributed by atoms with E-state index < -0.39 is 6.04 Å². The molecule has 2 atom stereocenters. The minimum Gasteiger partial charge on any atom is -0.380 e. The highest BCUT2D eigenvalue weighted by Gasteiger charge is 2.51. The number of nitrogens with two attached hydrogens (primary N) is 1. The first-order chi connectivity index (χ1) is 9.65. The number of benzene rings is 1. The molecule has 0 aliphatic carbocycles. The van der Waals surface area contributed by atoms with Crippen LogP contribution in [0, 0.1) is 0 Å². The summed E-state index contributed by atoms with van der Waals surface area (Å²) in [5.41, 5.74) is 7.08. The van der Waals surface area contributed by atoms with Crippen LogP contribution in [0.15, 0.2) is 24.3 Å².